The minimum atomic E-state index is -1.38. The number of aromatic nitrogens is 2. The van der Waals surface area contributed by atoms with Crippen molar-refractivity contribution in [1.82, 2.24) is 9.78 Å². The molecule has 0 spiro atoms. The summed E-state index contributed by atoms with van der Waals surface area (Å²) >= 11 is 0. The number of rotatable bonds is 3. The van der Waals surface area contributed by atoms with Crippen molar-refractivity contribution in [3.63, 3.8) is 0 Å². The number of hydrogen-bond acceptors (Lipinski definition) is 6. The van der Waals surface area contributed by atoms with Gasteiger partial charge in [-0.05, 0) is 19.1 Å². The molecule has 1 aromatic heterocycles. The van der Waals surface area contributed by atoms with E-state index in [4.69, 9.17) is 10.4 Å². The Hall–Kier alpha value is -3.54. The molecule has 0 fully saturated rings. The van der Waals surface area contributed by atoms with Gasteiger partial charge in [-0.1, -0.05) is 0 Å². The first kappa shape index (κ1) is 14.9. The number of nitriles is 1. The second kappa shape index (κ2) is 5.45. The maximum Gasteiger partial charge on any atom is 0.356 e. The molecule has 1 heterocycles. The zero-order valence-corrected chi connectivity index (χ0v) is 11.2. The van der Waals surface area contributed by atoms with Gasteiger partial charge in [-0.15, -0.1) is 0 Å². The number of benzene rings is 1. The summed E-state index contributed by atoms with van der Waals surface area (Å²) < 4.78 is 0.735. The summed E-state index contributed by atoms with van der Waals surface area (Å²) in [5.41, 5.74) is -1.67. The van der Waals surface area contributed by atoms with Crippen LogP contribution in [-0.4, -0.2) is 25.8 Å². The molecule has 110 valence electrons. The summed E-state index contributed by atoms with van der Waals surface area (Å²) in [4.78, 5) is 33.3. The Balaban J connectivity index is 2.73. The summed E-state index contributed by atoms with van der Waals surface area (Å²) in [7, 11) is 0. The number of carbonyl (C=O) groups is 1. The molecule has 0 radical (unpaired) electrons. The minimum Gasteiger partial charge on any atom is -0.476 e. The fraction of sp³-hybridized carbons (Fsp3) is 0.0769. The predicted octanol–water partition coefficient (Wildman–Crippen LogP) is 1.02. The second-order valence-electron chi connectivity index (χ2n) is 4.26. The number of non-ortho nitro benzene ring substituents is 1. The number of nitro benzene ring substituents is 1. The number of carboxylic acids is 1. The Morgan fingerprint density at radius 3 is 2.45 bits per heavy atom. The van der Waals surface area contributed by atoms with Gasteiger partial charge in [-0.25, -0.2) is 4.79 Å². The van der Waals surface area contributed by atoms with Gasteiger partial charge in [0.25, 0.3) is 11.2 Å². The fourth-order valence-corrected chi connectivity index (χ4v) is 1.83. The molecule has 9 heteroatoms. The molecule has 0 unspecified atom stereocenters. The van der Waals surface area contributed by atoms with Gasteiger partial charge >= 0.3 is 5.97 Å². The highest BCUT2D eigenvalue weighted by molar-refractivity contribution is 5.87. The van der Waals surface area contributed by atoms with E-state index in [1.165, 1.54) is 19.1 Å². The van der Waals surface area contributed by atoms with Crippen LogP contribution in [0.2, 0.25) is 0 Å². The Labute approximate surface area is 122 Å². The zero-order valence-electron chi connectivity index (χ0n) is 11.2. The van der Waals surface area contributed by atoms with E-state index in [9.17, 15) is 19.7 Å². The van der Waals surface area contributed by atoms with E-state index in [1.807, 2.05) is 0 Å². The standard InChI is InChI=1S/C13H8N4O5/c1-7-10(6-14)12(18)16(15-11(7)13(19)20)8-2-4-9(5-3-8)17(21)22/h2-5H,1H3,(H,19,20). The molecule has 0 aliphatic heterocycles. The van der Waals surface area contributed by atoms with Gasteiger partial charge in [0.15, 0.2) is 5.69 Å². The van der Waals surface area contributed by atoms with Gasteiger partial charge in [-0.2, -0.15) is 15.0 Å². The smallest absolute Gasteiger partial charge is 0.356 e. The van der Waals surface area contributed by atoms with Gasteiger partial charge in [0.05, 0.1) is 10.6 Å². The lowest BCUT2D eigenvalue weighted by atomic mass is 10.1. The van der Waals surface area contributed by atoms with E-state index in [-0.39, 0.29) is 22.5 Å². The van der Waals surface area contributed by atoms with Crippen molar-refractivity contribution >= 4 is 11.7 Å². The average Bonchev–Trinajstić information content (AvgIpc) is 2.47. The van der Waals surface area contributed by atoms with Crippen LogP contribution in [0, 0.1) is 28.4 Å². The number of hydrogen-bond donors (Lipinski definition) is 1. The predicted molar refractivity (Wildman–Crippen MR) is 72.9 cm³/mol. The Morgan fingerprint density at radius 2 is 2.00 bits per heavy atom. The molecule has 22 heavy (non-hydrogen) atoms. The highest BCUT2D eigenvalue weighted by Crippen LogP contribution is 2.15. The maximum absolute atomic E-state index is 12.2. The van der Waals surface area contributed by atoms with Gasteiger partial charge < -0.3 is 5.11 Å². The first-order valence-electron chi connectivity index (χ1n) is 5.89. The number of nitrogens with zero attached hydrogens (tertiary/aromatic N) is 4. The fourth-order valence-electron chi connectivity index (χ4n) is 1.83. The van der Waals surface area contributed by atoms with E-state index < -0.39 is 22.1 Å². The monoisotopic (exact) mass is 300 g/mol. The minimum absolute atomic E-state index is 0.0295. The largest absolute Gasteiger partial charge is 0.476 e. The molecule has 0 amide bonds. The third kappa shape index (κ3) is 2.40. The highest BCUT2D eigenvalue weighted by atomic mass is 16.6. The summed E-state index contributed by atoms with van der Waals surface area (Å²) in [6, 6.07) is 6.44. The van der Waals surface area contributed by atoms with Crippen molar-refractivity contribution in [3.8, 4) is 11.8 Å². The van der Waals surface area contributed by atoms with Gasteiger partial charge in [0.1, 0.15) is 11.6 Å². The van der Waals surface area contributed by atoms with Crippen LogP contribution < -0.4 is 5.56 Å². The van der Waals surface area contributed by atoms with E-state index in [0.717, 1.165) is 16.8 Å². The van der Waals surface area contributed by atoms with Crippen LogP contribution >= 0.6 is 0 Å². The first-order valence-corrected chi connectivity index (χ1v) is 5.89. The summed E-state index contributed by atoms with van der Waals surface area (Å²) in [5.74, 6) is -1.38. The number of nitro groups is 1. The van der Waals surface area contributed by atoms with Crippen molar-refractivity contribution in [2.75, 3.05) is 0 Å². The van der Waals surface area contributed by atoms with E-state index in [2.05, 4.69) is 5.10 Å². The Kier molecular flexibility index (Phi) is 3.68. The maximum atomic E-state index is 12.2. The van der Waals surface area contributed by atoms with E-state index in [0.29, 0.717) is 0 Å². The molecule has 1 aromatic carbocycles. The number of aromatic carboxylic acids is 1. The summed E-state index contributed by atoms with van der Waals surface area (Å²) in [5, 5.41) is 32.4. The summed E-state index contributed by atoms with van der Waals surface area (Å²) in [6.07, 6.45) is 0. The molecule has 9 nitrogen and oxygen atoms in total. The van der Waals surface area contributed by atoms with Crippen molar-refractivity contribution in [3.05, 3.63) is 61.6 Å². The molecule has 0 aliphatic rings. The third-order valence-corrected chi connectivity index (χ3v) is 2.96. The van der Waals surface area contributed by atoms with E-state index >= 15 is 0 Å². The van der Waals surface area contributed by atoms with Crippen molar-refractivity contribution in [2.24, 2.45) is 0 Å². The van der Waals surface area contributed by atoms with Crippen LogP contribution in [0.4, 0.5) is 5.69 Å². The molecule has 2 rings (SSSR count). The molecule has 0 bridgehead atoms. The van der Waals surface area contributed by atoms with Crippen LogP contribution in [0.3, 0.4) is 0 Å². The third-order valence-electron chi connectivity index (χ3n) is 2.96. The Bertz CT molecular complexity index is 877. The molecule has 0 saturated carbocycles. The lowest BCUT2D eigenvalue weighted by Crippen LogP contribution is -2.28. The SMILES string of the molecule is Cc1c(C(=O)O)nn(-c2ccc([N+](=O)[O-])cc2)c(=O)c1C#N. The molecule has 1 N–H and O–H groups in total. The van der Waals surface area contributed by atoms with Crippen LogP contribution in [0.5, 0.6) is 0 Å². The van der Waals surface area contributed by atoms with E-state index in [1.54, 1.807) is 6.07 Å². The average molecular weight is 300 g/mol. The molecular formula is C13H8N4O5. The highest BCUT2D eigenvalue weighted by Gasteiger charge is 2.19. The van der Waals surface area contributed by atoms with Crippen molar-refractivity contribution < 1.29 is 14.8 Å². The first-order chi connectivity index (χ1) is 10.4. The van der Waals surface area contributed by atoms with Crippen molar-refractivity contribution in [2.45, 2.75) is 6.92 Å². The zero-order chi connectivity index (χ0) is 16.4. The van der Waals surface area contributed by atoms with Crippen LogP contribution in [-0.2, 0) is 0 Å². The molecule has 0 aliphatic carbocycles. The second-order valence-corrected chi connectivity index (χ2v) is 4.26. The Morgan fingerprint density at radius 1 is 1.41 bits per heavy atom. The van der Waals surface area contributed by atoms with Crippen LogP contribution in [0.15, 0.2) is 29.1 Å². The van der Waals surface area contributed by atoms with Crippen LogP contribution in [0.25, 0.3) is 5.69 Å². The van der Waals surface area contributed by atoms with Gasteiger partial charge in [0.2, 0.25) is 0 Å². The lowest BCUT2D eigenvalue weighted by molar-refractivity contribution is -0.384. The molecule has 0 atom stereocenters. The summed E-state index contributed by atoms with van der Waals surface area (Å²) in [6.45, 7) is 1.32. The normalized spacial score (nSPS) is 10.0. The molecule has 2 aromatic rings. The quantitative estimate of drug-likeness (QED) is 0.659. The van der Waals surface area contributed by atoms with Gasteiger partial charge in [0, 0.05) is 17.7 Å². The lowest BCUT2D eigenvalue weighted by Gasteiger charge is -2.08. The molecule has 0 saturated heterocycles. The molecular weight excluding hydrogens is 292 g/mol. The van der Waals surface area contributed by atoms with Gasteiger partial charge in [-0.3, -0.25) is 14.9 Å². The van der Waals surface area contributed by atoms with Crippen LogP contribution in [0.1, 0.15) is 21.6 Å². The van der Waals surface area contributed by atoms with Crippen molar-refractivity contribution in [1.29, 1.82) is 5.26 Å². The topological polar surface area (TPSA) is 139 Å². The number of carboxylic acid groups (broad SMARTS) is 1.